The van der Waals surface area contributed by atoms with Crippen LogP contribution in [0.1, 0.15) is 0 Å². The summed E-state index contributed by atoms with van der Waals surface area (Å²) >= 11 is 0. The van der Waals surface area contributed by atoms with Crippen molar-refractivity contribution in [2.24, 2.45) is 0 Å². The molecule has 1 aromatic rings. The lowest BCUT2D eigenvalue weighted by Gasteiger charge is -1.69. The van der Waals surface area contributed by atoms with Gasteiger partial charge in [0.1, 0.15) is 0 Å². The third kappa shape index (κ3) is 3.58. The first-order valence-corrected chi connectivity index (χ1v) is 2.00. The second kappa shape index (κ2) is 6.40. The van der Waals surface area contributed by atoms with Crippen molar-refractivity contribution in [3.05, 3.63) is 36.4 Å². The van der Waals surface area contributed by atoms with Crippen LogP contribution in [0.3, 0.4) is 0 Å². The van der Waals surface area contributed by atoms with E-state index >= 15 is 0 Å². The van der Waals surface area contributed by atoms with E-state index in [1.807, 2.05) is 36.4 Å². The lowest BCUT2D eigenvalue weighted by molar-refractivity contribution is 0.686. The average molecular weight is 122 g/mol. The van der Waals surface area contributed by atoms with E-state index in [1.165, 1.54) is 0 Å². The topological polar surface area (TPSA) is 28.5 Å². The molecule has 0 bridgehead atoms. The predicted molar refractivity (Wildman–Crippen MR) is 32.9 cm³/mol. The van der Waals surface area contributed by atoms with E-state index in [9.17, 15) is 0 Å². The van der Waals surface area contributed by atoms with E-state index in [4.69, 9.17) is 0 Å². The molecule has 1 aromatic carbocycles. The van der Waals surface area contributed by atoms with Gasteiger partial charge < -0.3 is 0 Å². The van der Waals surface area contributed by atoms with Crippen LogP contribution in [0.2, 0.25) is 0 Å². The predicted octanol–water partition coefficient (Wildman–Crippen LogP) is 1.19. The maximum Gasteiger partial charge on any atom is 0 e. The van der Waals surface area contributed by atoms with Gasteiger partial charge in [0.25, 0.3) is 0 Å². The summed E-state index contributed by atoms with van der Waals surface area (Å²) < 4.78 is 0. The summed E-state index contributed by atoms with van der Waals surface area (Å²) in [6.45, 7) is 0. The SMILES string of the molecule is [O].[Si].c1ccccc1. The monoisotopic (exact) mass is 122 g/mol. The highest BCUT2D eigenvalue weighted by atomic mass is 28.1. The second-order valence-corrected chi connectivity index (χ2v) is 1.15. The fourth-order valence-electron chi connectivity index (χ4n) is 0.385. The molecular formula is C6H6OSi. The molecule has 0 aliphatic heterocycles. The number of benzene rings is 1. The molecule has 0 aliphatic carbocycles. The molecule has 0 saturated carbocycles. The molecule has 6 radical (unpaired) electrons. The summed E-state index contributed by atoms with van der Waals surface area (Å²) in [4.78, 5) is 0. The van der Waals surface area contributed by atoms with Gasteiger partial charge in [-0.05, 0) is 0 Å². The first-order chi connectivity index (χ1) is 3.00. The molecular weight excluding hydrogens is 116 g/mol. The van der Waals surface area contributed by atoms with Gasteiger partial charge in [0.15, 0.2) is 0 Å². The zero-order valence-corrected chi connectivity index (χ0v) is 5.37. The minimum Gasteiger partial charge on any atom is -0.0623 e. The summed E-state index contributed by atoms with van der Waals surface area (Å²) in [6.07, 6.45) is 0. The summed E-state index contributed by atoms with van der Waals surface area (Å²) in [6, 6.07) is 12.0. The molecule has 0 fully saturated rings. The molecule has 0 unspecified atom stereocenters. The van der Waals surface area contributed by atoms with E-state index in [0.717, 1.165) is 0 Å². The first-order valence-electron chi connectivity index (χ1n) is 2.00. The van der Waals surface area contributed by atoms with Gasteiger partial charge in [0.2, 0.25) is 0 Å². The minimum atomic E-state index is 0. The van der Waals surface area contributed by atoms with Crippen LogP contribution in [0.15, 0.2) is 36.4 Å². The van der Waals surface area contributed by atoms with Gasteiger partial charge in [-0.25, -0.2) is 0 Å². The van der Waals surface area contributed by atoms with Crippen molar-refractivity contribution in [3.63, 3.8) is 0 Å². The fraction of sp³-hybridized carbons (Fsp3) is 0. The Morgan fingerprint density at radius 3 is 0.750 bits per heavy atom. The number of hydrogen-bond acceptors (Lipinski definition) is 0. The van der Waals surface area contributed by atoms with Crippen LogP contribution in [0, 0.1) is 0 Å². The van der Waals surface area contributed by atoms with Crippen molar-refractivity contribution in [1.82, 2.24) is 0 Å². The highest BCUT2D eigenvalue weighted by Crippen LogP contribution is 1.79. The summed E-state index contributed by atoms with van der Waals surface area (Å²) in [5, 5.41) is 0. The Morgan fingerprint density at radius 2 is 0.625 bits per heavy atom. The van der Waals surface area contributed by atoms with Crippen molar-refractivity contribution in [2.45, 2.75) is 0 Å². The minimum absolute atomic E-state index is 0. The standard InChI is InChI=1S/C6H6.O.Si/c1-2-4-6-5-3-1;;/h1-6H;;. The maximum atomic E-state index is 2.00. The Labute approximate surface area is 53.7 Å². The molecule has 0 aliphatic rings. The zero-order valence-electron chi connectivity index (χ0n) is 4.37. The Kier molecular flexibility index (Phi) is 8.31. The van der Waals surface area contributed by atoms with E-state index in [-0.39, 0.29) is 16.4 Å². The largest absolute Gasteiger partial charge is 0.0623 e. The molecule has 0 spiro atoms. The van der Waals surface area contributed by atoms with Gasteiger partial charge in [0.05, 0.1) is 0 Å². The van der Waals surface area contributed by atoms with Gasteiger partial charge >= 0.3 is 0 Å². The van der Waals surface area contributed by atoms with Crippen LogP contribution in [-0.2, 0) is 5.48 Å². The lowest BCUT2D eigenvalue weighted by atomic mass is 10.4. The molecule has 0 amide bonds. The van der Waals surface area contributed by atoms with Crippen molar-refractivity contribution in [1.29, 1.82) is 0 Å². The molecule has 1 rings (SSSR count). The first kappa shape index (κ1) is 10.4. The van der Waals surface area contributed by atoms with Crippen LogP contribution in [0.5, 0.6) is 0 Å². The molecule has 0 N–H and O–H groups in total. The van der Waals surface area contributed by atoms with E-state index in [0.29, 0.717) is 0 Å². The van der Waals surface area contributed by atoms with Crippen molar-refractivity contribution in [3.8, 4) is 0 Å². The van der Waals surface area contributed by atoms with Crippen LogP contribution in [0.4, 0.5) is 0 Å². The number of rotatable bonds is 0. The third-order valence-electron chi connectivity index (χ3n) is 0.667. The van der Waals surface area contributed by atoms with Crippen LogP contribution in [0.25, 0.3) is 0 Å². The molecule has 40 valence electrons. The summed E-state index contributed by atoms with van der Waals surface area (Å²) in [5.41, 5.74) is 0. The molecule has 8 heavy (non-hydrogen) atoms. The van der Waals surface area contributed by atoms with E-state index < -0.39 is 0 Å². The molecule has 0 atom stereocenters. The normalized spacial score (nSPS) is 6.00. The second-order valence-electron chi connectivity index (χ2n) is 1.15. The molecule has 0 heterocycles. The van der Waals surface area contributed by atoms with Crippen molar-refractivity contribution in [2.75, 3.05) is 0 Å². The number of hydrogen-bond donors (Lipinski definition) is 0. The highest BCUT2D eigenvalue weighted by Gasteiger charge is 1.57. The highest BCUT2D eigenvalue weighted by molar-refractivity contribution is 5.75. The quantitative estimate of drug-likeness (QED) is 0.462. The third-order valence-corrected chi connectivity index (χ3v) is 0.667. The average Bonchev–Trinajstić information content (AvgIpc) is 1.72. The van der Waals surface area contributed by atoms with Crippen LogP contribution in [-0.4, -0.2) is 11.0 Å². The maximum absolute atomic E-state index is 2.00. The van der Waals surface area contributed by atoms with Crippen LogP contribution >= 0.6 is 0 Å². The zero-order chi connectivity index (χ0) is 4.24. The Hall–Kier alpha value is -0.603. The molecule has 0 saturated heterocycles. The lowest BCUT2D eigenvalue weighted by Crippen LogP contribution is -1.47. The van der Waals surface area contributed by atoms with Gasteiger partial charge in [-0.3, -0.25) is 0 Å². The van der Waals surface area contributed by atoms with E-state index in [1.54, 1.807) is 0 Å². The van der Waals surface area contributed by atoms with Gasteiger partial charge in [-0.1, -0.05) is 36.4 Å². The molecule has 2 heteroatoms. The Balaban J connectivity index is 0. The van der Waals surface area contributed by atoms with E-state index in [2.05, 4.69) is 0 Å². The Morgan fingerprint density at radius 1 is 0.500 bits per heavy atom. The van der Waals surface area contributed by atoms with Gasteiger partial charge in [-0.2, -0.15) is 0 Å². The van der Waals surface area contributed by atoms with Crippen molar-refractivity contribution < 1.29 is 5.48 Å². The fourth-order valence-corrected chi connectivity index (χ4v) is 0.385. The smallest absolute Gasteiger partial charge is 0 e. The summed E-state index contributed by atoms with van der Waals surface area (Å²) in [7, 11) is 0. The van der Waals surface area contributed by atoms with Gasteiger partial charge in [-0.15, -0.1) is 0 Å². The van der Waals surface area contributed by atoms with Gasteiger partial charge in [0, 0.05) is 16.4 Å². The molecule has 1 nitrogen and oxygen atoms in total. The van der Waals surface area contributed by atoms with Crippen LogP contribution < -0.4 is 0 Å². The molecule has 0 aromatic heterocycles. The summed E-state index contributed by atoms with van der Waals surface area (Å²) in [5.74, 6) is 0. The Bertz CT molecular complexity index is 80.5. The van der Waals surface area contributed by atoms with Crippen molar-refractivity contribution >= 4 is 11.0 Å².